The number of rotatable bonds is 7. The van der Waals surface area contributed by atoms with Gasteiger partial charge in [-0.05, 0) is 49.4 Å². The zero-order valence-electron chi connectivity index (χ0n) is 17.2. The maximum Gasteiger partial charge on any atom is 0.339 e. The number of amides is 2. The lowest BCUT2D eigenvalue weighted by Crippen LogP contribution is -2.17. The Bertz CT molecular complexity index is 1100. The molecule has 0 aliphatic carbocycles. The van der Waals surface area contributed by atoms with Crippen LogP contribution < -0.4 is 10.6 Å². The number of methoxy groups -OCH3 is 1. The molecule has 0 radical (unpaired) electrons. The first-order chi connectivity index (χ1) is 15.0. The molecule has 0 aromatic heterocycles. The fourth-order valence-electron chi connectivity index (χ4n) is 2.79. The van der Waals surface area contributed by atoms with Crippen LogP contribution in [0.5, 0.6) is 0 Å². The lowest BCUT2D eigenvalue weighted by Gasteiger charge is -2.10. The van der Waals surface area contributed by atoms with Crippen molar-refractivity contribution in [3.05, 3.63) is 89.5 Å². The summed E-state index contributed by atoms with van der Waals surface area (Å²) in [5.74, 6) is -0.819. The molecule has 0 saturated carbocycles. The Morgan fingerprint density at radius 1 is 0.903 bits per heavy atom. The van der Waals surface area contributed by atoms with Gasteiger partial charge in [-0.1, -0.05) is 35.9 Å². The van der Waals surface area contributed by atoms with E-state index in [4.69, 9.17) is 4.74 Å². The van der Waals surface area contributed by atoms with Crippen LogP contribution in [0.25, 0.3) is 0 Å². The minimum Gasteiger partial charge on any atom is -0.465 e. The highest BCUT2D eigenvalue weighted by molar-refractivity contribution is 8.00. The van der Waals surface area contributed by atoms with Gasteiger partial charge in [-0.3, -0.25) is 9.59 Å². The summed E-state index contributed by atoms with van der Waals surface area (Å²) in [4.78, 5) is 37.4. The van der Waals surface area contributed by atoms with Crippen LogP contribution in [0, 0.1) is 6.92 Å². The van der Waals surface area contributed by atoms with Crippen molar-refractivity contribution in [2.24, 2.45) is 0 Å². The lowest BCUT2D eigenvalue weighted by atomic mass is 10.1. The average Bonchev–Trinajstić information content (AvgIpc) is 2.78. The van der Waals surface area contributed by atoms with Crippen molar-refractivity contribution in [1.29, 1.82) is 0 Å². The predicted octanol–water partition coefficient (Wildman–Crippen LogP) is 4.76. The second-order valence-corrected chi connectivity index (χ2v) is 7.77. The molecule has 0 aliphatic rings. The monoisotopic (exact) mass is 434 g/mol. The number of thioether (sulfide) groups is 1. The van der Waals surface area contributed by atoms with Crippen LogP contribution in [0.3, 0.4) is 0 Å². The quantitative estimate of drug-likeness (QED) is 0.414. The number of benzene rings is 3. The van der Waals surface area contributed by atoms with Crippen molar-refractivity contribution in [1.82, 2.24) is 0 Å². The van der Waals surface area contributed by atoms with Crippen molar-refractivity contribution in [2.45, 2.75) is 11.8 Å². The standard InChI is InChI=1S/C24H22N2O4S/c1-16-10-12-17(13-11-16)23(28)25-18-6-5-7-19(14-18)31-15-22(27)26-21-9-4-3-8-20(21)24(29)30-2/h3-14H,15H2,1-2H3,(H,25,28)(H,26,27). The van der Waals surface area contributed by atoms with E-state index in [-0.39, 0.29) is 17.6 Å². The first-order valence-corrected chi connectivity index (χ1v) is 10.5. The topological polar surface area (TPSA) is 84.5 Å². The van der Waals surface area contributed by atoms with Crippen LogP contribution in [-0.4, -0.2) is 30.6 Å². The number of aryl methyl sites for hydroxylation is 1. The number of anilines is 2. The lowest BCUT2D eigenvalue weighted by molar-refractivity contribution is -0.113. The van der Waals surface area contributed by atoms with Gasteiger partial charge in [0.25, 0.3) is 5.91 Å². The van der Waals surface area contributed by atoms with Crippen molar-refractivity contribution < 1.29 is 19.1 Å². The van der Waals surface area contributed by atoms with Gasteiger partial charge in [0.1, 0.15) is 0 Å². The maximum absolute atomic E-state index is 12.4. The fourth-order valence-corrected chi connectivity index (χ4v) is 3.54. The molecule has 31 heavy (non-hydrogen) atoms. The first kappa shape index (κ1) is 22.1. The zero-order chi connectivity index (χ0) is 22.2. The number of nitrogens with one attached hydrogen (secondary N) is 2. The van der Waals surface area contributed by atoms with Gasteiger partial charge in [-0.25, -0.2) is 4.79 Å². The number of para-hydroxylation sites is 1. The first-order valence-electron chi connectivity index (χ1n) is 9.54. The summed E-state index contributed by atoms with van der Waals surface area (Å²) < 4.78 is 4.74. The van der Waals surface area contributed by atoms with E-state index in [1.807, 2.05) is 37.3 Å². The molecule has 0 atom stereocenters. The van der Waals surface area contributed by atoms with E-state index in [0.717, 1.165) is 10.5 Å². The summed E-state index contributed by atoms with van der Waals surface area (Å²) >= 11 is 1.33. The Balaban J connectivity index is 1.59. The third-order valence-electron chi connectivity index (χ3n) is 4.38. The van der Waals surface area contributed by atoms with Crippen LogP contribution in [0.2, 0.25) is 0 Å². The van der Waals surface area contributed by atoms with E-state index >= 15 is 0 Å². The van der Waals surface area contributed by atoms with Gasteiger partial charge >= 0.3 is 5.97 Å². The third-order valence-corrected chi connectivity index (χ3v) is 5.38. The highest BCUT2D eigenvalue weighted by atomic mass is 32.2. The van der Waals surface area contributed by atoms with Crippen LogP contribution in [0.15, 0.2) is 77.7 Å². The fraction of sp³-hybridized carbons (Fsp3) is 0.125. The summed E-state index contributed by atoms with van der Waals surface area (Å²) in [7, 11) is 1.29. The summed E-state index contributed by atoms with van der Waals surface area (Å²) in [5.41, 5.74) is 3.00. The Morgan fingerprint density at radius 2 is 1.65 bits per heavy atom. The third kappa shape index (κ3) is 6.20. The van der Waals surface area contributed by atoms with E-state index < -0.39 is 5.97 Å². The van der Waals surface area contributed by atoms with Crippen LogP contribution in [0.1, 0.15) is 26.3 Å². The SMILES string of the molecule is COC(=O)c1ccccc1NC(=O)CSc1cccc(NC(=O)c2ccc(C)cc2)c1. The van der Waals surface area contributed by atoms with Gasteiger partial charge in [0.05, 0.1) is 24.1 Å². The number of hydrogen-bond donors (Lipinski definition) is 2. The number of carbonyl (C=O) groups is 3. The Morgan fingerprint density at radius 3 is 2.39 bits per heavy atom. The van der Waals surface area contributed by atoms with Gasteiger partial charge in [-0.15, -0.1) is 11.8 Å². The van der Waals surface area contributed by atoms with Crippen molar-refractivity contribution in [3.63, 3.8) is 0 Å². The van der Waals surface area contributed by atoms with E-state index in [9.17, 15) is 14.4 Å². The molecule has 158 valence electrons. The number of hydrogen-bond acceptors (Lipinski definition) is 5. The molecule has 2 amide bonds. The van der Waals surface area contributed by atoms with E-state index in [0.29, 0.717) is 22.5 Å². The number of esters is 1. The molecule has 7 heteroatoms. The summed E-state index contributed by atoms with van der Waals surface area (Å²) in [5, 5.41) is 5.61. The molecule has 2 N–H and O–H groups in total. The minimum absolute atomic E-state index is 0.144. The second kappa shape index (κ2) is 10.4. The van der Waals surface area contributed by atoms with E-state index in [1.54, 1.807) is 42.5 Å². The van der Waals surface area contributed by atoms with Gasteiger partial charge in [0, 0.05) is 16.1 Å². The molecule has 0 unspecified atom stereocenters. The van der Waals surface area contributed by atoms with Gasteiger partial charge in [0.15, 0.2) is 0 Å². The molecule has 0 spiro atoms. The molecule has 0 heterocycles. The predicted molar refractivity (Wildman–Crippen MR) is 123 cm³/mol. The molecule has 3 aromatic carbocycles. The Kier molecular flexibility index (Phi) is 7.45. The summed E-state index contributed by atoms with van der Waals surface area (Å²) in [6.07, 6.45) is 0. The van der Waals surface area contributed by atoms with Gasteiger partial charge in [-0.2, -0.15) is 0 Å². The maximum atomic E-state index is 12.4. The normalized spacial score (nSPS) is 10.3. The van der Waals surface area contributed by atoms with Crippen molar-refractivity contribution in [2.75, 3.05) is 23.5 Å². The second-order valence-electron chi connectivity index (χ2n) is 6.72. The molecule has 0 aliphatic heterocycles. The van der Waals surface area contributed by atoms with E-state index in [2.05, 4.69) is 10.6 Å². The van der Waals surface area contributed by atoms with Gasteiger partial charge in [0.2, 0.25) is 5.91 Å². The minimum atomic E-state index is -0.513. The molecule has 0 bridgehead atoms. The average molecular weight is 435 g/mol. The smallest absolute Gasteiger partial charge is 0.339 e. The molecular weight excluding hydrogens is 412 g/mol. The highest BCUT2D eigenvalue weighted by Gasteiger charge is 2.13. The molecular formula is C24H22N2O4S. The van der Waals surface area contributed by atoms with Crippen molar-refractivity contribution in [3.8, 4) is 0 Å². The molecule has 6 nitrogen and oxygen atoms in total. The zero-order valence-corrected chi connectivity index (χ0v) is 18.0. The van der Waals surface area contributed by atoms with E-state index in [1.165, 1.54) is 18.9 Å². The van der Waals surface area contributed by atoms with Crippen LogP contribution in [0.4, 0.5) is 11.4 Å². The molecule has 3 aromatic rings. The highest BCUT2D eigenvalue weighted by Crippen LogP contribution is 2.23. The largest absolute Gasteiger partial charge is 0.465 e. The molecule has 0 saturated heterocycles. The number of ether oxygens (including phenoxy) is 1. The molecule has 3 rings (SSSR count). The Labute approximate surface area is 185 Å². The summed E-state index contributed by atoms with van der Waals surface area (Å²) in [6.45, 7) is 1.96. The number of carbonyl (C=O) groups excluding carboxylic acids is 3. The van der Waals surface area contributed by atoms with Crippen LogP contribution >= 0.6 is 11.8 Å². The molecule has 0 fully saturated rings. The van der Waals surface area contributed by atoms with Gasteiger partial charge < -0.3 is 15.4 Å². The Hall–Kier alpha value is -3.58. The van der Waals surface area contributed by atoms with Crippen molar-refractivity contribution >= 4 is 40.9 Å². The van der Waals surface area contributed by atoms with Crippen LogP contribution in [-0.2, 0) is 9.53 Å². The summed E-state index contributed by atoms with van der Waals surface area (Å²) in [6, 6.07) is 21.3.